The Morgan fingerprint density at radius 3 is 2.69 bits per heavy atom. The molecule has 1 rings (SSSR count). The highest BCUT2D eigenvalue weighted by Crippen LogP contribution is 2.01. The predicted molar refractivity (Wildman–Crippen MR) is 62.4 cm³/mol. The third kappa shape index (κ3) is 4.41. The molecule has 0 saturated carbocycles. The molecule has 4 N–H and O–H groups in total. The maximum absolute atomic E-state index is 11.3. The van der Waals surface area contributed by atoms with E-state index in [-0.39, 0.29) is 12.3 Å². The molecule has 90 valence electrons. The van der Waals surface area contributed by atoms with Gasteiger partial charge in [0.2, 0.25) is 10.0 Å². The summed E-state index contributed by atoms with van der Waals surface area (Å²) in [5.74, 6) is 0.819. The van der Waals surface area contributed by atoms with Crippen molar-refractivity contribution in [2.45, 2.75) is 6.92 Å². The Balaban J connectivity index is 2.39. The molecular formula is C8H15N5O2S. The quantitative estimate of drug-likeness (QED) is 0.618. The molecule has 0 radical (unpaired) electrons. The van der Waals surface area contributed by atoms with Crippen LogP contribution in [0.3, 0.4) is 0 Å². The topological polar surface area (TPSA) is 110 Å². The molecule has 1 heterocycles. The summed E-state index contributed by atoms with van der Waals surface area (Å²) in [6.07, 6.45) is 0. The number of nitrogen functional groups attached to an aromatic ring is 1. The van der Waals surface area contributed by atoms with E-state index in [1.54, 1.807) is 19.1 Å². The summed E-state index contributed by atoms with van der Waals surface area (Å²) in [6, 6.07) is 3.23. The van der Waals surface area contributed by atoms with E-state index < -0.39 is 10.0 Å². The maximum atomic E-state index is 11.3. The van der Waals surface area contributed by atoms with Crippen LogP contribution in [0.25, 0.3) is 0 Å². The lowest BCUT2D eigenvalue weighted by Crippen LogP contribution is -2.29. The second kappa shape index (κ2) is 5.61. The van der Waals surface area contributed by atoms with E-state index in [1.165, 1.54) is 0 Å². The van der Waals surface area contributed by atoms with Crippen LogP contribution in [-0.4, -0.2) is 37.5 Å². The Bertz CT molecular complexity index is 417. The van der Waals surface area contributed by atoms with Gasteiger partial charge in [-0.1, -0.05) is 6.92 Å². The molecule has 0 unspecified atom stereocenters. The van der Waals surface area contributed by atoms with Crippen molar-refractivity contribution >= 4 is 21.7 Å². The zero-order valence-corrected chi connectivity index (χ0v) is 9.79. The minimum Gasteiger partial charge on any atom is -0.382 e. The molecular weight excluding hydrogens is 230 g/mol. The Morgan fingerprint density at radius 2 is 2.12 bits per heavy atom. The van der Waals surface area contributed by atoms with Gasteiger partial charge in [-0.3, -0.25) is 0 Å². The molecule has 0 aliphatic rings. The van der Waals surface area contributed by atoms with Gasteiger partial charge in [0.15, 0.2) is 0 Å². The van der Waals surface area contributed by atoms with Crippen LogP contribution in [0.15, 0.2) is 12.1 Å². The smallest absolute Gasteiger partial charge is 0.213 e. The second-order valence-corrected chi connectivity index (χ2v) is 5.01. The van der Waals surface area contributed by atoms with E-state index in [1.807, 2.05) is 0 Å². The van der Waals surface area contributed by atoms with Gasteiger partial charge in [-0.2, -0.15) is 0 Å². The van der Waals surface area contributed by atoms with Gasteiger partial charge in [0.1, 0.15) is 11.6 Å². The maximum Gasteiger partial charge on any atom is 0.213 e. The molecule has 0 saturated heterocycles. The van der Waals surface area contributed by atoms with Gasteiger partial charge in [0.25, 0.3) is 0 Å². The van der Waals surface area contributed by atoms with Gasteiger partial charge in [0, 0.05) is 13.1 Å². The van der Waals surface area contributed by atoms with Crippen molar-refractivity contribution < 1.29 is 8.42 Å². The minimum atomic E-state index is -3.20. The minimum absolute atomic E-state index is 0.00705. The zero-order valence-electron chi connectivity index (χ0n) is 8.97. The van der Waals surface area contributed by atoms with Gasteiger partial charge >= 0.3 is 0 Å². The first-order chi connectivity index (χ1) is 7.53. The first kappa shape index (κ1) is 12.7. The molecule has 16 heavy (non-hydrogen) atoms. The molecule has 0 aliphatic heterocycles. The highest BCUT2D eigenvalue weighted by Gasteiger charge is 2.07. The van der Waals surface area contributed by atoms with Crippen molar-refractivity contribution in [1.29, 1.82) is 0 Å². The first-order valence-electron chi connectivity index (χ1n) is 4.84. The summed E-state index contributed by atoms with van der Waals surface area (Å²) < 4.78 is 24.9. The number of nitrogens with zero attached hydrogens (tertiary/aromatic N) is 2. The summed E-state index contributed by atoms with van der Waals surface area (Å²) in [5.41, 5.74) is 5.36. The number of rotatable bonds is 6. The average Bonchev–Trinajstić information content (AvgIpc) is 2.20. The van der Waals surface area contributed by atoms with Crippen molar-refractivity contribution in [3.8, 4) is 0 Å². The van der Waals surface area contributed by atoms with Crippen molar-refractivity contribution in [2.75, 3.05) is 29.9 Å². The molecule has 1 aromatic rings. The van der Waals surface area contributed by atoms with Crippen LogP contribution < -0.4 is 15.8 Å². The third-order valence-corrected chi connectivity index (χ3v) is 3.20. The van der Waals surface area contributed by atoms with Gasteiger partial charge in [0.05, 0.1) is 5.75 Å². The Labute approximate surface area is 94.5 Å². The standard InChI is InChI=1S/C8H15N5O2S/c1-2-11-16(14,15)6-5-10-8-4-3-7(9)12-13-8/h3-4,11H,2,5-6H2,1H3,(H2,9,12)(H,10,13). The molecule has 0 spiro atoms. The van der Waals surface area contributed by atoms with E-state index in [2.05, 4.69) is 20.2 Å². The highest BCUT2D eigenvalue weighted by atomic mass is 32.2. The highest BCUT2D eigenvalue weighted by molar-refractivity contribution is 7.89. The summed E-state index contributed by atoms with van der Waals surface area (Å²) >= 11 is 0. The zero-order chi connectivity index (χ0) is 12.0. The SMILES string of the molecule is CCNS(=O)(=O)CCNc1ccc(N)nn1. The number of nitrogens with two attached hydrogens (primary N) is 1. The molecule has 0 aliphatic carbocycles. The van der Waals surface area contributed by atoms with Crippen molar-refractivity contribution in [3.63, 3.8) is 0 Å². The third-order valence-electron chi connectivity index (χ3n) is 1.73. The van der Waals surface area contributed by atoms with Gasteiger partial charge in [-0.15, -0.1) is 10.2 Å². The normalized spacial score (nSPS) is 11.3. The lowest BCUT2D eigenvalue weighted by Gasteiger charge is -2.06. The molecule has 0 aromatic carbocycles. The van der Waals surface area contributed by atoms with E-state index in [0.717, 1.165) is 0 Å². The molecule has 0 fully saturated rings. The fourth-order valence-electron chi connectivity index (χ4n) is 1.04. The Kier molecular flexibility index (Phi) is 4.44. The summed E-state index contributed by atoms with van der Waals surface area (Å²) in [4.78, 5) is 0. The number of aromatic nitrogens is 2. The summed E-state index contributed by atoms with van der Waals surface area (Å²) in [5, 5.41) is 10.2. The lowest BCUT2D eigenvalue weighted by molar-refractivity contribution is 0.584. The molecule has 7 nitrogen and oxygen atoms in total. The molecule has 0 bridgehead atoms. The van der Waals surface area contributed by atoms with Crippen LogP contribution in [0.4, 0.5) is 11.6 Å². The largest absolute Gasteiger partial charge is 0.382 e. The monoisotopic (exact) mass is 245 g/mol. The number of hydrogen-bond acceptors (Lipinski definition) is 6. The predicted octanol–water partition coefficient (Wildman–Crippen LogP) is -0.590. The number of hydrogen-bond donors (Lipinski definition) is 3. The number of sulfonamides is 1. The van der Waals surface area contributed by atoms with Crippen molar-refractivity contribution in [2.24, 2.45) is 0 Å². The van der Waals surface area contributed by atoms with Crippen LogP contribution in [0, 0.1) is 0 Å². The fourth-order valence-corrected chi connectivity index (χ4v) is 2.00. The molecule has 0 amide bonds. The Morgan fingerprint density at radius 1 is 1.38 bits per heavy atom. The van der Waals surface area contributed by atoms with E-state index in [4.69, 9.17) is 5.73 Å². The van der Waals surface area contributed by atoms with Gasteiger partial charge < -0.3 is 11.1 Å². The van der Waals surface area contributed by atoms with Crippen LogP contribution in [0.5, 0.6) is 0 Å². The molecule has 8 heteroatoms. The van der Waals surface area contributed by atoms with E-state index >= 15 is 0 Å². The first-order valence-corrected chi connectivity index (χ1v) is 6.49. The summed E-state index contributed by atoms with van der Waals surface area (Å²) in [6.45, 7) is 2.40. The summed E-state index contributed by atoms with van der Waals surface area (Å²) in [7, 11) is -3.20. The van der Waals surface area contributed by atoms with E-state index in [0.29, 0.717) is 18.2 Å². The van der Waals surface area contributed by atoms with Crippen LogP contribution in [0.2, 0.25) is 0 Å². The number of nitrogens with one attached hydrogen (secondary N) is 2. The van der Waals surface area contributed by atoms with Crippen LogP contribution in [0.1, 0.15) is 6.92 Å². The lowest BCUT2D eigenvalue weighted by atomic mass is 10.5. The van der Waals surface area contributed by atoms with Crippen molar-refractivity contribution in [1.82, 2.24) is 14.9 Å². The van der Waals surface area contributed by atoms with Crippen LogP contribution in [-0.2, 0) is 10.0 Å². The molecule has 0 atom stereocenters. The average molecular weight is 245 g/mol. The van der Waals surface area contributed by atoms with Crippen LogP contribution >= 0.6 is 0 Å². The second-order valence-electron chi connectivity index (χ2n) is 3.09. The number of anilines is 2. The Hall–Kier alpha value is -1.41. The van der Waals surface area contributed by atoms with Gasteiger partial charge in [-0.05, 0) is 12.1 Å². The molecule has 1 aromatic heterocycles. The van der Waals surface area contributed by atoms with Crippen molar-refractivity contribution in [3.05, 3.63) is 12.1 Å². The van der Waals surface area contributed by atoms with E-state index in [9.17, 15) is 8.42 Å². The fraction of sp³-hybridized carbons (Fsp3) is 0.500. The van der Waals surface area contributed by atoms with Gasteiger partial charge in [-0.25, -0.2) is 13.1 Å².